The monoisotopic (exact) mass is 394 g/mol. The van der Waals surface area contributed by atoms with Gasteiger partial charge < -0.3 is 20.7 Å². The van der Waals surface area contributed by atoms with Crippen LogP contribution in [0.5, 0.6) is 5.75 Å². The molecule has 0 spiro atoms. The second kappa shape index (κ2) is 10.2. The second-order valence-corrected chi connectivity index (χ2v) is 5.82. The number of nitrogens with zero attached hydrogens (tertiary/aromatic N) is 1. The Kier molecular flexibility index (Phi) is 7.67. The van der Waals surface area contributed by atoms with E-state index in [2.05, 4.69) is 25.7 Å². The third-order valence-electron chi connectivity index (χ3n) is 3.65. The molecule has 0 bridgehead atoms. The largest absolute Gasteiger partial charge is 0.434 e. The maximum atomic E-state index is 12.9. The van der Waals surface area contributed by atoms with Gasteiger partial charge in [-0.25, -0.2) is 4.39 Å². The van der Waals surface area contributed by atoms with Crippen molar-refractivity contribution in [2.45, 2.75) is 20.1 Å². The van der Waals surface area contributed by atoms with E-state index in [0.717, 1.165) is 5.56 Å². The Morgan fingerprint density at radius 3 is 2.50 bits per heavy atom. The maximum absolute atomic E-state index is 12.9. The number of hydrogen-bond donors (Lipinski definition) is 3. The van der Waals surface area contributed by atoms with Crippen LogP contribution < -0.4 is 20.7 Å². The number of benzene rings is 2. The lowest BCUT2D eigenvalue weighted by Gasteiger charge is -2.15. The summed E-state index contributed by atoms with van der Waals surface area (Å²) >= 11 is 0. The minimum Gasteiger partial charge on any atom is -0.434 e. The first-order valence-electron chi connectivity index (χ1n) is 8.41. The Labute approximate surface area is 160 Å². The van der Waals surface area contributed by atoms with Crippen LogP contribution in [0.2, 0.25) is 0 Å². The molecule has 28 heavy (non-hydrogen) atoms. The Balaban J connectivity index is 1.88. The lowest BCUT2D eigenvalue weighted by molar-refractivity contribution is -0.115. The number of alkyl halides is 2. The molecular weight excluding hydrogens is 373 g/mol. The summed E-state index contributed by atoms with van der Waals surface area (Å²) in [6.07, 6.45) is 0. The quantitative estimate of drug-likeness (QED) is 0.499. The standard InChI is InChI=1S/C19H21F3N4O2/c1-12-3-8-16(28-18(21)22)13(9-12)10-24-19(23-2)25-11-17(27)26-15-6-4-14(20)5-7-15/h3-9,18H,10-11H2,1-2H3,(H,26,27)(H2,23,24,25). The number of hydrogen-bond acceptors (Lipinski definition) is 3. The molecule has 0 unspecified atom stereocenters. The third kappa shape index (κ3) is 6.82. The van der Waals surface area contributed by atoms with Crippen molar-refractivity contribution in [1.29, 1.82) is 0 Å². The first-order chi connectivity index (χ1) is 13.4. The van der Waals surface area contributed by atoms with E-state index in [1.807, 2.05) is 6.92 Å². The van der Waals surface area contributed by atoms with E-state index in [1.165, 1.54) is 37.4 Å². The van der Waals surface area contributed by atoms with Crippen LogP contribution >= 0.6 is 0 Å². The van der Waals surface area contributed by atoms with Gasteiger partial charge in [-0.1, -0.05) is 17.7 Å². The van der Waals surface area contributed by atoms with Crippen LogP contribution in [0.3, 0.4) is 0 Å². The van der Waals surface area contributed by atoms with Crippen LogP contribution in [0.1, 0.15) is 11.1 Å². The van der Waals surface area contributed by atoms with E-state index in [1.54, 1.807) is 12.1 Å². The number of rotatable bonds is 7. The smallest absolute Gasteiger partial charge is 0.387 e. The number of carbonyl (C=O) groups excluding carboxylic acids is 1. The fourth-order valence-electron chi connectivity index (χ4n) is 2.36. The van der Waals surface area contributed by atoms with E-state index >= 15 is 0 Å². The maximum Gasteiger partial charge on any atom is 0.387 e. The van der Waals surface area contributed by atoms with Gasteiger partial charge in [0.2, 0.25) is 5.91 Å². The highest BCUT2D eigenvalue weighted by Gasteiger charge is 2.11. The minimum absolute atomic E-state index is 0.0672. The lowest BCUT2D eigenvalue weighted by Crippen LogP contribution is -2.41. The molecule has 0 aliphatic heterocycles. The van der Waals surface area contributed by atoms with Gasteiger partial charge in [0, 0.05) is 24.8 Å². The van der Waals surface area contributed by atoms with Crippen molar-refractivity contribution in [2.75, 3.05) is 18.9 Å². The summed E-state index contributed by atoms with van der Waals surface area (Å²) in [4.78, 5) is 15.9. The number of aryl methyl sites for hydroxylation is 1. The van der Waals surface area contributed by atoms with Crippen molar-refractivity contribution in [3.05, 3.63) is 59.4 Å². The van der Waals surface area contributed by atoms with Crippen molar-refractivity contribution in [1.82, 2.24) is 10.6 Å². The summed E-state index contributed by atoms with van der Waals surface area (Å²) < 4.78 is 42.5. The van der Waals surface area contributed by atoms with Crippen molar-refractivity contribution in [3.63, 3.8) is 0 Å². The molecule has 3 N–H and O–H groups in total. The molecule has 150 valence electrons. The molecule has 6 nitrogen and oxygen atoms in total. The van der Waals surface area contributed by atoms with Crippen molar-refractivity contribution in [2.24, 2.45) is 4.99 Å². The number of carbonyl (C=O) groups is 1. The zero-order valence-corrected chi connectivity index (χ0v) is 15.4. The SMILES string of the molecule is CN=C(NCC(=O)Nc1ccc(F)cc1)NCc1cc(C)ccc1OC(F)F. The van der Waals surface area contributed by atoms with Gasteiger partial charge in [-0.3, -0.25) is 9.79 Å². The Morgan fingerprint density at radius 2 is 1.86 bits per heavy atom. The highest BCUT2D eigenvalue weighted by molar-refractivity contribution is 5.94. The van der Waals surface area contributed by atoms with Gasteiger partial charge in [-0.05, 0) is 37.3 Å². The molecule has 0 fully saturated rings. The number of aliphatic imine (C=N–C) groups is 1. The fourth-order valence-corrected chi connectivity index (χ4v) is 2.36. The van der Waals surface area contributed by atoms with Crippen LogP contribution in [0.4, 0.5) is 18.9 Å². The Bertz CT molecular complexity index is 826. The number of halogens is 3. The first kappa shape index (κ1) is 21.1. The molecule has 0 aliphatic carbocycles. The summed E-state index contributed by atoms with van der Waals surface area (Å²) in [5.41, 5.74) is 1.88. The van der Waals surface area contributed by atoms with Crippen LogP contribution in [-0.2, 0) is 11.3 Å². The lowest BCUT2D eigenvalue weighted by atomic mass is 10.1. The molecule has 0 saturated carbocycles. The average Bonchev–Trinajstić information content (AvgIpc) is 2.65. The predicted molar refractivity (Wildman–Crippen MR) is 101 cm³/mol. The summed E-state index contributed by atoms with van der Waals surface area (Å²) in [7, 11) is 1.51. The van der Waals surface area contributed by atoms with Crippen molar-refractivity contribution < 1.29 is 22.7 Å². The predicted octanol–water partition coefficient (Wildman–Crippen LogP) is 3.04. The number of amides is 1. The van der Waals surface area contributed by atoms with E-state index in [-0.39, 0.29) is 24.7 Å². The Morgan fingerprint density at radius 1 is 1.14 bits per heavy atom. The van der Waals surface area contributed by atoms with Gasteiger partial charge in [0.25, 0.3) is 0 Å². The van der Waals surface area contributed by atoms with Gasteiger partial charge in [0.15, 0.2) is 5.96 Å². The van der Waals surface area contributed by atoms with Crippen molar-refractivity contribution in [3.8, 4) is 5.75 Å². The van der Waals surface area contributed by atoms with Gasteiger partial charge >= 0.3 is 6.61 Å². The molecule has 9 heteroatoms. The summed E-state index contributed by atoms with van der Waals surface area (Å²) in [6, 6.07) is 10.2. The van der Waals surface area contributed by atoms with E-state index in [9.17, 15) is 18.0 Å². The normalized spacial score (nSPS) is 11.3. The number of nitrogens with one attached hydrogen (secondary N) is 3. The second-order valence-electron chi connectivity index (χ2n) is 5.82. The zero-order chi connectivity index (χ0) is 20.5. The molecule has 2 aromatic rings. The number of ether oxygens (including phenoxy) is 1. The molecule has 0 radical (unpaired) electrons. The van der Waals surface area contributed by atoms with Crippen LogP contribution in [0, 0.1) is 12.7 Å². The molecule has 1 amide bonds. The minimum atomic E-state index is -2.92. The van der Waals surface area contributed by atoms with Gasteiger partial charge in [-0.15, -0.1) is 0 Å². The first-order valence-corrected chi connectivity index (χ1v) is 8.41. The highest BCUT2D eigenvalue weighted by Crippen LogP contribution is 2.21. The van der Waals surface area contributed by atoms with Crippen LogP contribution in [-0.4, -0.2) is 32.1 Å². The molecular formula is C19H21F3N4O2. The van der Waals surface area contributed by atoms with Gasteiger partial charge in [0.05, 0.1) is 6.54 Å². The van der Waals surface area contributed by atoms with Crippen LogP contribution in [0.25, 0.3) is 0 Å². The summed E-state index contributed by atoms with van der Waals surface area (Å²) in [6.45, 7) is -1.01. The summed E-state index contributed by atoms with van der Waals surface area (Å²) in [5, 5.41) is 8.35. The van der Waals surface area contributed by atoms with E-state index < -0.39 is 12.4 Å². The molecule has 0 atom stereocenters. The molecule has 2 aromatic carbocycles. The van der Waals surface area contributed by atoms with Crippen molar-refractivity contribution >= 4 is 17.6 Å². The third-order valence-corrected chi connectivity index (χ3v) is 3.65. The average molecular weight is 394 g/mol. The molecule has 0 saturated heterocycles. The van der Waals surface area contributed by atoms with Gasteiger partial charge in [-0.2, -0.15) is 8.78 Å². The Hall–Kier alpha value is -3.23. The molecule has 2 rings (SSSR count). The summed E-state index contributed by atoms with van der Waals surface area (Å²) in [5.74, 6) is -0.379. The molecule has 0 heterocycles. The van der Waals surface area contributed by atoms with E-state index in [0.29, 0.717) is 17.2 Å². The molecule has 0 aliphatic rings. The van der Waals surface area contributed by atoms with Gasteiger partial charge in [0.1, 0.15) is 11.6 Å². The molecule has 0 aromatic heterocycles. The van der Waals surface area contributed by atoms with Crippen LogP contribution in [0.15, 0.2) is 47.5 Å². The number of guanidine groups is 1. The van der Waals surface area contributed by atoms with E-state index in [4.69, 9.17) is 0 Å². The highest BCUT2D eigenvalue weighted by atomic mass is 19.3. The number of anilines is 1. The fraction of sp³-hybridized carbons (Fsp3) is 0.263. The topological polar surface area (TPSA) is 74.8 Å². The zero-order valence-electron chi connectivity index (χ0n) is 15.4.